The molecule has 1 nitrogen and oxygen atoms in total. The van der Waals surface area contributed by atoms with Crippen molar-refractivity contribution in [1.82, 2.24) is 0 Å². The second-order valence-electron chi connectivity index (χ2n) is 5.01. The van der Waals surface area contributed by atoms with Gasteiger partial charge in [-0.05, 0) is 54.9 Å². The van der Waals surface area contributed by atoms with Crippen LogP contribution in [0.3, 0.4) is 0 Å². The van der Waals surface area contributed by atoms with Gasteiger partial charge in [0.25, 0.3) is 0 Å². The van der Waals surface area contributed by atoms with Gasteiger partial charge in [-0.25, -0.2) is 0 Å². The van der Waals surface area contributed by atoms with Crippen LogP contribution in [0.1, 0.15) is 48.6 Å². The number of hydrogen-bond donors (Lipinski definition) is 0. The van der Waals surface area contributed by atoms with Crippen molar-refractivity contribution in [1.29, 1.82) is 0 Å². The van der Waals surface area contributed by atoms with Gasteiger partial charge in [0.05, 0.1) is 6.61 Å². The summed E-state index contributed by atoms with van der Waals surface area (Å²) in [5, 5.41) is 0. The van der Waals surface area contributed by atoms with E-state index in [1.807, 2.05) is 0 Å². The van der Waals surface area contributed by atoms with Crippen LogP contribution in [0.2, 0.25) is 0 Å². The molecule has 2 aliphatic rings. The molecule has 0 aromatic heterocycles. The SMILES string of the molecule is Brc1cc(C2CC2)cc(C2CCCOC2)c1. The van der Waals surface area contributed by atoms with Crippen LogP contribution in [-0.2, 0) is 4.74 Å². The Kier molecular flexibility index (Phi) is 3.03. The summed E-state index contributed by atoms with van der Waals surface area (Å²) in [5.74, 6) is 1.45. The molecule has 1 aromatic carbocycles. The lowest BCUT2D eigenvalue weighted by molar-refractivity contribution is 0.0804. The first-order chi connectivity index (χ1) is 7.83. The van der Waals surface area contributed by atoms with Crippen LogP contribution in [0.4, 0.5) is 0 Å². The Morgan fingerprint density at radius 2 is 1.75 bits per heavy atom. The summed E-state index contributed by atoms with van der Waals surface area (Å²) in [6.07, 6.45) is 5.23. The zero-order chi connectivity index (χ0) is 11.0. The van der Waals surface area contributed by atoms with Crippen LogP contribution in [0.15, 0.2) is 22.7 Å². The minimum Gasteiger partial charge on any atom is -0.381 e. The minimum atomic E-state index is 0.615. The van der Waals surface area contributed by atoms with Gasteiger partial charge in [-0.2, -0.15) is 0 Å². The number of benzene rings is 1. The molecule has 1 saturated heterocycles. The highest BCUT2D eigenvalue weighted by Crippen LogP contribution is 2.42. The zero-order valence-electron chi connectivity index (χ0n) is 9.42. The molecule has 0 radical (unpaired) electrons. The summed E-state index contributed by atoms with van der Waals surface area (Å²) in [5.41, 5.74) is 2.99. The van der Waals surface area contributed by atoms with E-state index >= 15 is 0 Å². The second kappa shape index (κ2) is 4.50. The van der Waals surface area contributed by atoms with Crippen molar-refractivity contribution in [2.75, 3.05) is 13.2 Å². The molecule has 1 aliphatic heterocycles. The van der Waals surface area contributed by atoms with Crippen LogP contribution in [0, 0.1) is 0 Å². The van der Waals surface area contributed by atoms with Crippen molar-refractivity contribution < 1.29 is 4.74 Å². The van der Waals surface area contributed by atoms with Crippen LogP contribution in [-0.4, -0.2) is 13.2 Å². The average Bonchev–Trinajstić information content (AvgIpc) is 3.13. The van der Waals surface area contributed by atoms with Gasteiger partial charge in [-0.3, -0.25) is 0 Å². The molecule has 3 rings (SSSR count). The first-order valence-corrected chi connectivity index (χ1v) is 7.00. The monoisotopic (exact) mass is 280 g/mol. The van der Waals surface area contributed by atoms with Gasteiger partial charge < -0.3 is 4.74 Å². The Morgan fingerprint density at radius 1 is 1.00 bits per heavy atom. The molecule has 1 unspecified atom stereocenters. The number of ether oxygens (including phenoxy) is 1. The molecule has 1 aromatic rings. The number of hydrogen-bond acceptors (Lipinski definition) is 1. The van der Waals surface area contributed by atoms with E-state index in [4.69, 9.17) is 4.74 Å². The highest BCUT2D eigenvalue weighted by atomic mass is 79.9. The molecule has 0 bridgehead atoms. The van der Waals surface area contributed by atoms with Crippen LogP contribution in [0.25, 0.3) is 0 Å². The summed E-state index contributed by atoms with van der Waals surface area (Å²) in [6.45, 7) is 1.85. The fourth-order valence-corrected chi connectivity index (χ4v) is 3.06. The number of rotatable bonds is 2. The van der Waals surface area contributed by atoms with Gasteiger partial charge in [0.1, 0.15) is 0 Å². The molecule has 2 heteroatoms. The third-order valence-corrected chi connectivity index (χ3v) is 4.08. The van der Waals surface area contributed by atoms with Gasteiger partial charge >= 0.3 is 0 Å². The van der Waals surface area contributed by atoms with Gasteiger partial charge in [0, 0.05) is 17.0 Å². The molecule has 2 fully saturated rings. The van der Waals surface area contributed by atoms with Crippen molar-refractivity contribution >= 4 is 15.9 Å². The molecule has 86 valence electrons. The van der Waals surface area contributed by atoms with E-state index in [2.05, 4.69) is 34.1 Å². The van der Waals surface area contributed by atoms with Crippen molar-refractivity contribution in [3.63, 3.8) is 0 Å². The van der Waals surface area contributed by atoms with Crippen molar-refractivity contribution in [3.8, 4) is 0 Å². The average molecular weight is 281 g/mol. The van der Waals surface area contributed by atoms with Gasteiger partial charge in [0.2, 0.25) is 0 Å². The first-order valence-electron chi connectivity index (χ1n) is 6.21. The lowest BCUT2D eigenvalue weighted by Crippen LogP contribution is -2.15. The molecule has 1 heterocycles. The molecule has 1 aliphatic carbocycles. The quantitative estimate of drug-likeness (QED) is 0.788. The van der Waals surface area contributed by atoms with Crippen LogP contribution >= 0.6 is 15.9 Å². The normalized spacial score (nSPS) is 25.7. The van der Waals surface area contributed by atoms with E-state index < -0.39 is 0 Å². The van der Waals surface area contributed by atoms with E-state index in [0.717, 1.165) is 19.1 Å². The highest BCUT2D eigenvalue weighted by molar-refractivity contribution is 9.10. The fraction of sp³-hybridized carbons (Fsp3) is 0.571. The second-order valence-corrected chi connectivity index (χ2v) is 5.92. The number of halogens is 1. The summed E-state index contributed by atoms with van der Waals surface area (Å²) in [4.78, 5) is 0. The Bertz CT molecular complexity index is 378. The van der Waals surface area contributed by atoms with E-state index in [-0.39, 0.29) is 0 Å². The van der Waals surface area contributed by atoms with E-state index in [1.54, 1.807) is 0 Å². The summed E-state index contributed by atoms with van der Waals surface area (Å²) in [7, 11) is 0. The van der Waals surface area contributed by atoms with Crippen LogP contribution < -0.4 is 0 Å². The Morgan fingerprint density at radius 3 is 2.38 bits per heavy atom. The minimum absolute atomic E-state index is 0.615. The summed E-state index contributed by atoms with van der Waals surface area (Å²) < 4.78 is 6.81. The van der Waals surface area contributed by atoms with E-state index in [0.29, 0.717) is 5.92 Å². The van der Waals surface area contributed by atoms with Gasteiger partial charge in [-0.1, -0.05) is 22.0 Å². The first kappa shape index (κ1) is 10.8. The molecule has 1 atom stereocenters. The van der Waals surface area contributed by atoms with E-state index in [1.165, 1.54) is 41.3 Å². The zero-order valence-corrected chi connectivity index (χ0v) is 11.0. The van der Waals surface area contributed by atoms with Crippen molar-refractivity contribution in [3.05, 3.63) is 33.8 Å². The van der Waals surface area contributed by atoms with E-state index in [9.17, 15) is 0 Å². The summed E-state index contributed by atoms with van der Waals surface area (Å²) in [6, 6.07) is 6.96. The molecular formula is C14H17BrO. The highest BCUT2D eigenvalue weighted by Gasteiger charge is 2.25. The lowest BCUT2D eigenvalue weighted by Gasteiger charge is -2.23. The third-order valence-electron chi connectivity index (χ3n) is 3.62. The Balaban J connectivity index is 1.86. The maximum absolute atomic E-state index is 5.58. The topological polar surface area (TPSA) is 9.23 Å². The van der Waals surface area contributed by atoms with Gasteiger partial charge in [0.15, 0.2) is 0 Å². The molecular weight excluding hydrogens is 264 g/mol. The Labute approximate surface area is 105 Å². The smallest absolute Gasteiger partial charge is 0.0534 e. The Hall–Kier alpha value is -0.340. The molecule has 0 amide bonds. The summed E-state index contributed by atoms with van der Waals surface area (Å²) >= 11 is 3.63. The standard InChI is InChI=1S/C14H17BrO/c15-14-7-12(10-3-4-10)6-13(8-14)11-2-1-5-16-9-11/h6-8,10-11H,1-5,9H2. The lowest BCUT2D eigenvalue weighted by atomic mass is 9.92. The molecule has 0 N–H and O–H groups in total. The van der Waals surface area contributed by atoms with Crippen LogP contribution in [0.5, 0.6) is 0 Å². The molecule has 0 spiro atoms. The van der Waals surface area contributed by atoms with Gasteiger partial charge in [-0.15, -0.1) is 0 Å². The third kappa shape index (κ3) is 2.33. The van der Waals surface area contributed by atoms with Crippen molar-refractivity contribution in [2.45, 2.75) is 37.5 Å². The molecule has 1 saturated carbocycles. The predicted molar refractivity (Wildman–Crippen MR) is 68.9 cm³/mol. The largest absolute Gasteiger partial charge is 0.381 e. The van der Waals surface area contributed by atoms with Crippen molar-refractivity contribution in [2.24, 2.45) is 0 Å². The fourth-order valence-electron chi connectivity index (χ4n) is 2.53. The molecule has 16 heavy (non-hydrogen) atoms. The maximum Gasteiger partial charge on any atom is 0.0534 e. The maximum atomic E-state index is 5.58. The predicted octanol–water partition coefficient (Wildman–Crippen LogP) is 4.22.